The number of benzene rings is 2. The van der Waals surface area contributed by atoms with Crippen LogP contribution in [0.4, 0.5) is 0 Å². The number of hydrogen-bond donors (Lipinski definition) is 2. The van der Waals surface area contributed by atoms with Gasteiger partial charge in [0.15, 0.2) is 23.0 Å². The third-order valence-electron chi connectivity index (χ3n) is 4.59. The molecule has 0 fully saturated rings. The standard InChI is InChI=1S/C19H23NO4/c1-22-17-5-4-13(8-16(17)21)11-20-7-6-14-9-18(23-2)19(24-3)10-15(14)12-20/h4-5,8-10,21H,6-7,11-12H2,1-3H3/p+1. The van der Waals surface area contributed by atoms with Crippen molar-refractivity contribution in [3.8, 4) is 23.0 Å². The summed E-state index contributed by atoms with van der Waals surface area (Å²) < 4.78 is 15.9. The highest BCUT2D eigenvalue weighted by atomic mass is 16.5. The first-order valence-corrected chi connectivity index (χ1v) is 8.07. The second-order valence-electron chi connectivity index (χ2n) is 6.09. The van der Waals surface area contributed by atoms with E-state index in [9.17, 15) is 5.11 Å². The van der Waals surface area contributed by atoms with Gasteiger partial charge in [0, 0.05) is 17.5 Å². The minimum absolute atomic E-state index is 0.193. The van der Waals surface area contributed by atoms with Crippen LogP contribution in [0.1, 0.15) is 16.7 Å². The number of quaternary nitrogens is 1. The minimum Gasteiger partial charge on any atom is -0.504 e. The molecule has 5 nitrogen and oxygen atoms in total. The quantitative estimate of drug-likeness (QED) is 0.874. The molecule has 1 aliphatic heterocycles. The molecule has 1 aliphatic rings. The van der Waals surface area contributed by atoms with Crippen LogP contribution in [0, 0.1) is 0 Å². The summed E-state index contributed by atoms with van der Waals surface area (Å²) in [4.78, 5) is 1.46. The fourth-order valence-electron chi connectivity index (χ4n) is 3.31. The Morgan fingerprint density at radius 2 is 1.58 bits per heavy atom. The topological polar surface area (TPSA) is 52.4 Å². The van der Waals surface area contributed by atoms with Crippen LogP contribution in [0.5, 0.6) is 23.0 Å². The zero-order chi connectivity index (χ0) is 17.1. The van der Waals surface area contributed by atoms with Crippen molar-refractivity contribution >= 4 is 0 Å². The number of ether oxygens (including phenoxy) is 3. The lowest BCUT2D eigenvalue weighted by molar-refractivity contribution is -0.929. The van der Waals surface area contributed by atoms with Gasteiger partial charge in [0.2, 0.25) is 0 Å². The molecule has 0 amide bonds. The molecule has 2 aromatic carbocycles. The zero-order valence-electron chi connectivity index (χ0n) is 14.4. The molecule has 1 unspecified atom stereocenters. The Bertz CT molecular complexity index is 730. The van der Waals surface area contributed by atoms with Crippen molar-refractivity contribution in [2.75, 3.05) is 27.9 Å². The van der Waals surface area contributed by atoms with Crippen LogP contribution < -0.4 is 19.1 Å². The van der Waals surface area contributed by atoms with Crippen molar-refractivity contribution in [3.63, 3.8) is 0 Å². The molecule has 24 heavy (non-hydrogen) atoms. The number of phenolic OH excluding ortho intramolecular Hbond substituents is 1. The first-order valence-electron chi connectivity index (χ1n) is 8.07. The van der Waals surface area contributed by atoms with Gasteiger partial charge in [-0.3, -0.25) is 0 Å². The van der Waals surface area contributed by atoms with Gasteiger partial charge in [-0.25, -0.2) is 0 Å². The summed E-state index contributed by atoms with van der Waals surface area (Å²) in [6.45, 7) is 2.85. The molecule has 2 aromatic rings. The first kappa shape index (κ1) is 16.5. The van der Waals surface area contributed by atoms with E-state index in [1.807, 2.05) is 12.1 Å². The Morgan fingerprint density at radius 1 is 0.917 bits per heavy atom. The van der Waals surface area contributed by atoms with Crippen LogP contribution in [-0.2, 0) is 19.5 Å². The average molecular weight is 330 g/mol. The summed E-state index contributed by atoms with van der Waals surface area (Å²) in [6, 6.07) is 9.78. The normalized spacial score (nSPS) is 16.4. The van der Waals surface area contributed by atoms with Crippen LogP contribution in [0.2, 0.25) is 0 Å². The van der Waals surface area contributed by atoms with E-state index < -0.39 is 0 Å². The van der Waals surface area contributed by atoms with Crippen molar-refractivity contribution in [2.45, 2.75) is 19.5 Å². The molecule has 1 heterocycles. The summed E-state index contributed by atoms with van der Waals surface area (Å²) in [6.07, 6.45) is 1.01. The smallest absolute Gasteiger partial charge is 0.161 e. The second kappa shape index (κ2) is 7.01. The Balaban J connectivity index is 1.76. The molecule has 3 rings (SSSR count). The fraction of sp³-hybridized carbons (Fsp3) is 0.368. The molecule has 0 bridgehead atoms. The Morgan fingerprint density at radius 3 is 2.21 bits per heavy atom. The number of nitrogens with one attached hydrogen (secondary N) is 1. The molecule has 0 radical (unpaired) electrons. The highest BCUT2D eigenvalue weighted by molar-refractivity contribution is 5.47. The largest absolute Gasteiger partial charge is 0.504 e. The summed E-state index contributed by atoms with van der Waals surface area (Å²) in [5.41, 5.74) is 3.73. The van der Waals surface area contributed by atoms with Gasteiger partial charge < -0.3 is 24.2 Å². The first-order chi connectivity index (χ1) is 11.6. The van der Waals surface area contributed by atoms with E-state index in [0.717, 1.165) is 43.1 Å². The van der Waals surface area contributed by atoms with Crippen molar-refractivity contribution < 1.29 is 24.2 Å². The lowest BCUT2D eigenvalue weighted by Crippen LogP contribution is -3.10. The van der Waals surface area contributed by atoms with Gasteiger partial charge in [0.05, 0.1) is 27.9 Å². The number of hydrogen-bond acceptors (Lipinski definition) is 4. The maximum Gasteiger partial charge on any atom is 0.161 e. The van der Waals surface area contributed by atoms with E-state index in [-0.39, 0.29) is 5.75 Å². The molecular weight excluding hydrogens is 306 g/mol. The number of aromatic hydroxyl groups is 1. The third kappa shape index (κ3) is 3.26. The second-order valence-corrected chi connectivity index (χ2v) is 6.09. The lowest BCUT2D eigenvalue weighted by atomic mass is 9.98. The molecular formula is C19H24NO4+. The Labute approximate surface area is 142 Å². The fourth-order valence-corrected chi connectivity index (χ4v) is 3.31. The van der Waals surface area contributed by atoms with Gasteiger partial charge in [-0.1, -0.05) is 0 Å². The number of fused-ring (bicyclic) bond motifs is 1. The van der Waals surface area contributed by atoms with Crippen LogP contribution >= 0.6 is 0 Å². The van der Waals surface area contributed by atoms with E-state index in [0.29, 0.717) is 5.75 Å². The van der Waals surface area contributed by atoms with Gasteiger partial charge in [-0.05, 0) is 35.9 Å². The maximum atomic E-state index is 9.94. The van der Waals surface area contributed by atoms with Gasteiger partial charge >= 0.3 is 0 Å². The number of methoxy groups -OCH3 is 3. The molecule has 5 heteroatoms. The molecule has 128 valence electrons. The Kier molecular flexibility index (Phi) is 4.81. The highest BCUT2D eigenvalue weighted by Gasteiger charge is 2.22. The molecule has 2 N–H and O–H groups in total. The minimum atomic E-state index is 0.193. The highest BCUT2D eigenvalue weighted by Crippen LogP contribution is 2.31. The van der Waals surface area contributed by atoms with Crippen molar-refractivity contribution in [2.24, 2.45) is 0 Å². The van der Waals surface area contributed by atoms with Crippen molar-refractivity contribution in [3.05, 3.63) is 47.0 Å². The summed E-state index contributed by atoms with van der Waals surface area (Å²) in [5, 5.41) is 9.94. The van der Waals surface area contributed by atoms with Crippen LogP contribution in [0.3, 0.4) is 0 Å². The van der Waals surface area contributed by atoms with E-state index in [4.69, 9.17) is 14.2 Å². The molecule has 1 atom stereocenters. The lowest BCUT2D eigenvalue weighted by Gasteiger charge is -2.27. The van der Waals surface area contributed by atoms with Crippen LogP contribution in [0.15, 0.2) is 30.3 Å². The summed E-state index contributed by atoms with van der Waals surface area (Å²) in [7, 11) is 4.89. The molecule has 0 saturated heterocycles. The van der Waals surface area contributed by atoms with Gasteiger partial charge in [0.1, 0.15) is 13.1 Å². The molecule has 0 aliphatic carbocycles. The Hall–Kier alpha value is -2.40. The van der Waals surface area contributed by atoms with Crippen LogP contribution in [0.25, 0.3) is 0 Å². The average Bonchev–Trinajstić information content (AvgIpc) is 2.60. The molecule has 0 spiro atoms. The van der Waals surface area contributed by atoms with Crippen molar-refractivity contribution in [1.82, 2.24) is 0 Å². The monoisotopic (exact) mass is 330 g/mol. The van der Waals surface area contributed by atoms with Gasteiger partial charge in [0.25, 0.3) is 0 Å². The SMILES string of the molecule is COc1ccc(C[NH+]2CCc3cc(OC)c(OC)cc3C2)cc1O. The van der Waals surface area contributed by atoms with Crippen molar-refractivity contribution in [1.29, 1.82) is 0 Å². The number of phenols is 1. The maximum absolute atomic E-state index is 9.94. The van der Waals surface area contributed by atoms with Gasteiger partial charge in [-0.2, -0.15) is 0 Å². The predicted molar refractivity (Wildman–Crippen MR) is 91.1 cm³/mol. The van der Waals surface area contributed by atoms with Crippen LogP contribution in [-0.4, -0.2) is 33.0 Å². The summed E-state index contributed by atoms with van der Waals surface area (Å²) >= 11 is 0. The van der Waals surface area contributed by atoms with E-state index in [1.165, 1.54) is 16.0 Å². The van der Waals surface area contributed by atoms with E-state index >= 15 is 0 Å². The van der Waals surface area contributed by atoms with E-state index in [1.54, 1.807) is 27.4 Å². The number of rotatable bonds is 5. The molecule has 0 aromatic heterocycles. The van der Waals surface area contributed by atoms with E-state index in [2.05, 4.69) is 12.1 Å². The third-order valence-corrected chi connectivity index (χ3v) is 4.59. The molecule has 0 saturated carbocycles. The zero-order valence-corrected chi connectivity index (χ0v) is 14.4. The summed E-state index contributed by atoms with van der Waals surface area (Å²) in [5.74, 6) is 2.27. The predicted octanol–water partition coefficient (Wildman–Crippen LogP) is 1.56. The van der Waals surface area contributed by atoms with Gasteiger partial charge in [-0.15, -0.1) is 0 Å².